The molecule has 2 rings (SSSR count). The van der Waals surface area contributed by atoms with Gasteiger partial charge in [0.1, 0.15) is 0 Å². The summed E-state index contributed by atoms with van der Waals surface area (Å²) in [6, 6.07) is 11.3. The zero-order valence-corrected chi connectivity index (χ0v) is 12.8. The number of hydrogen-bond donors (Lipinski definition) is 1. The molecule has 0 fully saturated rings. The molecule has 1 N–H and O–H groups in total. The monoisotopic (exact) mass is 373 g/mol. The fourth-order valence-corrected chi connectivity index (χ4v) is 2.65. The number of nitrogens with zero attached hydrogens (tertiary/aromatic N) is 1. The fraction of sp³-hybridized carbons (Fsp3) is 0.214. The molecule has 2 nitrogen and oxygen atoms in total. The first-order valence-corrected chi connectivity index (χ1v) is 7.09. The molecule has 0 spiro atoms. The molecule has 1 aromatic carbocycles. The van der Waals surface area contributed by atoms with E-state index in [1.54, 1.807) is 6.20 Å². The fourth-order valence-electron chi connectivity index (χ4n) is 1.82. The Labute approximate surface area is 125 Å². The summed E-state index contributed by atoms with van der Waals surface area (Å²) in [6.45, 7) is 1.96. The second kappa shape index (κ2) is 5.99. The third-order valence-electron chi connectivity index (χ3n) is 2.90. The van der Waals surface area contributed by atoms with E-state index >= 15 is 0 Å². The number of aromatic nitrogens is 1. The maximum Gasteiger partial charge on any atom is 0.0881 e. The van der Waals surface area contributed by atoms with Crippen molar-refractivity contribution in [2.45, 2.75) is 18.9 Å². The predicted octanol–water partition coefficient (Wildman–Crippen LogP) is 4.18. The van der Waals surface area contributed by atoms with Crippen molar-refractivity contribution < 1.29 is 5.11 Å². The first-order chi connectivity index (χ1) is 8.59. The van der Waals surface area contributed by atoms with Crippen LogP contribution in [-0.2, 0) is 0 Å². The average molecular weight is 374 g/mol. The van der Waals surface area contributed by atoms with Crippen LogP contribution in [-0.4, -0.2) is 10.1 Å². The van der Waals surface area contributed by atoms with E-state index in [1.165, 1.54) is 0 Å². The van der Waals surface area contributed by atoms with Gasteiger partial charge in [-0.1, -0.05) is 24.6 Å². The number of aliphatic hydroxyl groups excluding tert-OH is 1. The Morgan fingerprint density at radius 2 is 2.06 bits per heavy atom. The highest BCUT2D eigenvalue weighted by atomic mass is 127. The third kappa shape index (κ3) is 3.02. The van der Waals surface area contributed by atoms with Crippen LogP contribution in [0, 0.1) is 3.57 Å². The van der Waals surface area contributed by atoms with Crippen molar-refractivity contribution in [3.63, 3.8) is 0 Å². The topological polar surface area (TPSA) is 33.1 Å². The molecule has 4 heteroatoms. The van der Waals surface area contributed by atoms with Crippen molar-refractivity contribution in [3.8, 4) is 0 Å². The third-order valence-corrected chi connectivity index (χ3v) is 4.12. The zero-order chi connectivity index (χ0) is 13.1. The Kier molecular flexibility index (Phi) is 4.59. The molecule has 0 saturated heterocycles. The molecule has 94 valence electrons. The van der Waals surface area contributed by atoms with Gasteiger partial charge in [0.2, 0.25) is 0 Å². The Balaban J connectivity index is 2.31. The van der Waals surface area contributed by atoms with E-state index in [0.717, 1.165) is 14.8 Å². The number of pyridine rings is 1. The van der Waals surface area contributed by atoms with Crippen LogP contribution in [0.2, 0.25) is 5.02 Å². The van der Waals surface area contributed by atoms with E-state index in [-0.39, 0.29) is 5.92 Å². The van der Waals surface area contributed by atoms with Crippen LogP contribution < -0.4 is 0 Å². The first-order valence-electron chi connectivity index (χ1n) is 5.63. The lowest BCUT2D eigenvalue weighted by Crippen LogP contribution is -2.10. The minimum Gasteiger partial charge on any atom is -0.388 e. The van der Waals surface area contributed by atoms with E-state index < -0.39 is 6.10 Å². The van der Waals surface area contributed by atoms with E-state index in [0.29, 0.717) is 5.02 Å². The van der Waals surface area contributed by atoms with Gasteiger partial charge < -0.3 is 5.11 Å². The van der Waals surface area contributed by atoms with Crippen LogP contribution >= 0.6 is 34.2 Å². The van der Waals surface area contributed by atoms with Gasteiger partial charge in [-0.25, -0.2) is 0 Å². The van der Waals surface area contributed by atoms with Crippen LogP contribution in [0.1, 0.15) is 30.2 Å². The molecular weight excluding hydrogens is 361 g/mol. The smallest absolute Gasteiger partial charge is 0.0881 e. The second-order valence-corrected chi connectivity index (χ2v) is 5.75. The van der Waals surface area contributed by atoms with Gasteiger partial charge in [-0.15, -0.1) is 0 Å². The molecule has 0 amide bonds. The highest BCUT2D eigenvalue weighted by molar-refractivity contribution is 14.1. The summed E-state index contributed by atoms with van der Waals surface area (Å²) in [7, 11) is 0. The summed E-state index contributed by atoms with van der Waals surface area (Å²) >= 11 is 8.19. The van der Waals surface area contributed by atoms with Crippen molar-refractivity contribution in [1.82, 2.24) is 4.98 Å². The van der Waals surface area contributed by atoms with E-state index in [1.807, 2.05) is 43.3 Å². The van der Waals surface area contributed by atoms with Crippen LogP contribution in [0.5, 0.6) is 0 Å². The van der Waals surface area contributed by atoms with Gasteiger partial charge in [-0.2, -0.15) is 0 Å². The molecular formula is C14H13ClINO. The number of rotatable bonds is 3. The molecule has 0 aliphatic heterocycles. The summed E-state index contributed by atoms with van der Waals surface area (Å²) in [5, 5.41) is 11.1. The lowest BCUT2D eigenvalue weighted by molar-refractivity contribution is 0.149. The molecule has 0 aliphatic rings. The molecule has 0 radical (unpaired) electrons. The van der Waals surface area contributed by atoms with Gasteiger partial charge in [0.15, 0.2) is 0 Å². The second-order valence-electron chi connectivity index (χ2n) is 4.15. The minimum absolute atomic E-state index is 0.0711. The summed E-state index contributed by atoms with van der Waals surface area (Å²) in [5.74, 6) is -0.0711. The SMILES string of the molecule is CC(c1ccccn1)C(O)c1cc(Cl)ccc1I. The molecule has 2 atom stereocenters. The van der Waals surface area contributed by atoms with Crippen molar-refractivity contribution >= 4 is 34.2 Å². The summed E-state index contributed by atoms with van der Waals surface area (Å²) < 4.78 is 1.01. The van der Waals surface area contributed by atoms with E-state index in [9.17, 15) is 5.11 Å². The lowest BCUT2D eigenvalue weighted by atomic mass is 9.94. The largest absolute Gasteiger partial charge is 0.388 e. The number of benzene rings is 1. The summed E-state index contributed by atoms with van der Waals surface area (Å²) in [6.07, 6.45) is 1.13. The zero-order valence-electron chi connectivity index (χ0n) is 9.85. The van der Waals surface area contributed by atoms with Gasteiger partial charge in [0.25, 0.3) is 0 Å². The van der Waals surface area contributed by atoms with E-state index in [2.05, 4.69) is 27.6 Å². The van der Waals surface area contributed by atoms with Gasteiger partial charge in [-0.05, 0) is 58.5 Å². The minimum atomic E-state index is -0.606. The average Bonchev–Trinajstić information content (AvgIpc) is 2.41. The molecule has 2 aromatic rings. The highest BCUT2D eigenvalue weighted by Crippen LogP contribution is 2.33. The molecule has 0 bridgehead atoms. The highest BCUT2D eigenvalue weighted by Gasteiger charge is 2.21. The van der Waals surface area contributed by atoms with Gasteiger partial charge in [0, 0.05) is 26.4 Å². The molecule has 0 saturated carbocycles. The molecule has 1 heterocycles. The number of aliphatic hydroxyl groups is 1. The van der Waals surface area contributed by atoms with Crippen molar-refractivity contribution in [1.29, 1.82) is 0 Å². The van der Waals surface area contributed by atoms with Crippen LogP contribution in [0.25, 0.3) is 0 Å². The molecule has 1 aromatic heterocycles. The Hall–Kier alpha value is -0.650. The normalized spacial score (nSPS) is 14.2. The van der Waals surface area contributed by atoms with Crippen LogP contribution in [0.4, 0.5) is 0 Å². The Bertz CT molecular complexity index is 533. The van der Waals surface area contributed by atoms with Crippen molar-refractivity contribution in [3.05, 3.63) is 62.4 Å². The summed E-state index contributed by atoms with van der Waals surface area (Å²) in [4.78, 5) is 4.28. The molecule has 18 heavy (non-hydrogen) atoms. The van der Waals surface area contributed by atoms with E-state index in [4.69, 9.17) is 11.6 Å². The quantitative estimate of drug-likeness (QED) is 0.819. The number of halogens is 2. The standard InChI is InChI=1S/C14H13ClINO/c1-9(13-4-2-3-7-17-13)14(18)11-8-10(15)5-6-12(11)16/h2-9,14,18H,1H3. The van der Waals surface area contributed by atoms with Gasteiger partial charge in [-0.3, -0.25) is 4.98 Å². The maximum absolute atomic E-state index is 10.4. The predicted molar refractivity (Wildman–Crippen MR) is 81.8 cm³/mol. The Morgan fingerprint density at radius 1 is 1.28 bits per heavy atom. The molecule has 0 aliphatic carbocycles. The Morgan fingerprint density at radius 3 is 2.72 bits per heavy atom. The van der Waals surface area contributed by atoms with Crippen molar-refractivity contribution in [2.24, 2.45) is 0 Å². The van der Waals surface area contributed by atoms with Gasteiger partial charge in [0.05, 0.1) is 6.10 Å². The van der Waals surface area contributed by atoms with Crippen LogP contribution in [0.15, 0.2) is 42.6 Å². The molecule has 2 unspecified atom stereocenters. The number of hydrogen-bond acceptors (Lipinski definition) is 2. The summed E-state index contributed by atoms with van der Waals surface area (Å²) in [5.41, 5.74) is 1.72. The van der Waals surface area contributed by atoms with Crippen LogP contribution in [0.3, 0.4) is 0 Å². The lowest BCUT2D eigenvalue weighted by Gasteiger charge is -2.20. The van der Waals surface area contributed by atoms with Crippen molar-refractivity contribution in [2.75, 3.05) is 0 Å². The maximum atomic E-state index is 10.4. The van der Waals surface area contributed by atoms with Gasteiger partial charge >= 0.3 is 0 Å². The first kappa shape index (κ1) is 13.8.